The van der Waals surface area contributed by atoms with Crippen LogP contribution in [0.5, 0.6) is 0 Å². The number of hydrogen-bond acceptors (Lipinski definition) is 1. The van der Waals surface area contributed by atoms with E-state index in [0.717, 1.165) is 24.8 Å². The van der Waals surface area contributed by atoms with Crippen molar-refractivity contribution in [3.63, 3.8) is 0 Å². The Bertz CT molecular complexity index is 1350. The van der Waals surface area contributed by atoms with E-state index in [-0.39, 0.29) is 17.2 Å². The molecule has 4 rings (SSSR count). The Hall–Kier alpha value is -3.58. The van der Waals surface area contributed by atoms with Crippen molar-refractivity contribution >= 4 is 10.8 Å². The molecular formula is C29H24F3N. The summed E-state index contributed by atoms with van der Waals surface area (Å²) in [5.74, 6) is -1.15. The molecule has 0 aliphatic heterocycles. The maximum atomic E-state index is 15.2. The van der Waals surface area contributed by atoms with Crippen LogP contribution in [0.25, 0.3) is 21.9 Å². The first kappa shape index (κ1) is 22.6. The normalized spacial score (nSPS) is 11.0. The quantitative estimate of drug-likeness (QED) is 0.285. The lowest BCUT2D eigenvalue weighted by molar-refractivity contribution is 0.616. The van der Waals surface area contributed by atoms with Gasteiger partial charge in [-0.15, -0.1) is 0 Å². The maximum Gasteiger partial charge on any atom is 0.141 e. The van der Waals surface area contributed by atoms with Gasteiger partial charge in [-0.1, -0.05) is 55.8 Å². The summed E-state index contributed by atoms with van der Waals surface area (Å²) in [7, 11) is 0. The van der Waals surface area contributed by atoms with E-state index < -0.39 is 5.82 Å². The second kappa shape index (κ2) is 9.92. The minimum atomic E-state index is -0.563. The first-order valence-corrected chi connectivity index (χ1v) is 11.2. The topological polar surface area (TPSA) is 23.8 Å². The molecule has 0 saturated carbocycles. The molecular weight excluding hydrogens is 419 g/mol. The number of nitrogens with zero attached hydrogens (tertiary/aromatic N) is 1. The van der Waals surface area contributed by atoms with Gasteiger partial charge in [-0.3, -0.25) is 0 Å². The lowest BCUT2D eigenvalue weighted by Crippen LogP contribution is -1.97. The van der Waals surface area contributed by atoms with Crippen LogP contribution in [0.4, 0.5) is 13.2 Å². The summed E-state index contributed by atoms with van der Waals surface area (Å²) in [6, 6.07) is 20.4. The molecule has 166 valence electrons. The fourth-order valence-electron chi connectivity index (χ4n) is 4.11. The zero-order chi connectivity index (χ0) is 23.4. The smallest absolute Gasteiger partial charge is 0.141 e. The Morgan fingerprint density at radius 3 is 2.24 bits per heavy atom. The van der Waals surface area contributed by atoms with Gasteiger partial charge in [-0.05, 0) is 77.6 Å². The Balaban J connectivity index is 1.56. The van der Waals surface area contributed by atoms with Crippen molar-refractivity contribution in [3.05, 3.63) is 106 Å². The molecule has 1 nitrogen and oxygen atoms in total. The Kier molecular flexibility index (Phi) is 6.79. The van der Waals surface area contributed by atoms with Crippen molar-refractivity contribution in [1.29, 1.82) is 5.26 Å². The van der Waals surface area contributed by atoms with Crippen molar-refractivity contribution in [3.8, 4) is 17.2 Å². The summed E-state index contributed by atoms with van der Waals surface area (Å²) in [6.07, 6.45) is 3.80. The second-order valence-electron chi connectivity index (χ2n) is 8.32. The van der Waals surface area contributed by atoms with E-state index in [0.29, 0.717) is 45.9 Å². The molecule has 0 unspecified atom stereocenters. The van der Waals surface area contributed by atoms with Gasteiger partial charge < -0.3 is 0 Å². The zero-order valence-electron chi connectivity index (χ0n) is 18.5. The van der Waals surface area contributed by atoms with E-state index in [4.69, 9.17) is 5.26 Å². The Labute approximate surface area is 192 Å². The Morgan fingerprint density at radius 2 is 1.52 bits per heavy atom. The zero-order valence-corrected chi connectivity index (χ0v) is 18.5. The molecule has 4 aromatic rings. The van der Waals surface area contributed by atoms with E-state index in [1.54, 1.807) is 42.5 Å². The number of benzene rings is 4. The molecule has 0 aliphatic rings. The van der Waals surface area contributed by atoms with Crippen molar-refractivity contribution in [2.24, 2.45) is 0 Å². The van der Waals surface area contributed by atoms with E-state index in [1.807, 2.05) is 18.2 Å². The number of aryl methyl sites for hydroxylation is 3. The molecule has 0 bridgehead atoms. The molecule has 0 N–H and O–H groups in total. The van der Waals surface area contributed by atoms with Gasteiger partial charge in [-0.2, -0.15) is 5.26 Å². The van der Waals surface area contributed by atoms with Crippen LogP contribution >= 0.6 is 0 Å². The molecule has 0 aliphatic carbocycles. The number of fused-ring (bicyclic) bond motifs is 1. The van der Waals surface area contributed by atoms with Crippen LogP contribution in [0.3, 0.4) is 0 Å². The van der Waals surface area contributed by atoms with Gasteiger partial charge in [0.05, 0.1) is 5.56 Å². The molecule has 0 fully saturated rings. The number of nitriles is 1. The van der Waals surface area contributed by atoms with Gasteiger partial charge in [0, 0.05) is 10.9 Å². The molecule has 33 heavy (non-hydrogen) atoms. The molecule has 0 atom stereocenters. The fourth-order valence-corrected chi connectivity index (χ4v) is 4.11. The number of rotatable bonds is 7. The summed E-state index contributed by atoms with van der Waals surface area (Å²) in [4.78, 5) is 0. The molecule has 0 amide bonds. The maximum absolute atomic E-state index is 15.2. The Morgan fingerprint density at radius 1 is 0.758 bits per heavy atom. The van der Waals surface area contributed by atoms with E-state index >= 15 is 4.39 Å². The summed E-state index contributed by atoms with van der Waals surface area (Å²) in [6.45, 7) is 2.11. The highest BCUT2D eigenvalue weighted by atomic mass is 19.1. The lowest BCUT2D eigenvalue weighted by Gasteiger charge is -2.10. The first-order chi connectivity index (χ1) is 16.0. The monoisotopic (exact) mass is 443 g/mol. The summed E-state index contributed by atoms with van der Waals surface area (Å²) < 4.78 is 43.7. The van der Waals surface area contributed by atoms with Crippen LogP contribution in [0.1, 0.15) is 42.0 Å². The molecule has 0 heterocycles. The number of halogens is 3. The van der Waals surface area contributed by atoms with E-state index in [1.165, 1.54) is 12.1 Å². The second-order valence-corrected chi connectivity index (χ2v) is 8.32. The predicted molar refractivity (Wildman–Crippen MR) is 126 cm³/mol. The average molecular weight is 444 g/mol. The van der Waals surface area contributed by atoms with Gasteiger partial charge in [0.2, 0.25) is 0 Å². The van der Waals surface area contributed by atoms with Crippen LogP contribution in [0, 0.1) is 28.8 Å². The highest BCUT2D eigenvalue weighted by molar-refractivity contribution is 5.88. The van der Waals surface area contributed by atoms with Gasteiger partial charge in [0.15, 0.2) is 0 Å². The average Bonchev–Trinajstić information content (AvgIpc) is 2.82. The van der Waals surface area contributed by atoms with Crippen LogP contribution in [-0.2, 0) is 19.3 Å². The van der Waals surface area contributed by atoms with Gasteiger partial charge in [0.25, 0.3) is 0 Å². The minimum absolute atomic E-state index is 0.00141. The van der Waals surface area contributed by atoms with Crippen molar-refractivity contribution in [2.45, 2.75) is 39.0 Å². The van der Waals surface area contributed by atoms with Gasteiger partial charge >= 0.3 is 0 Å². The van der Waals surface area contributed by atoms with E-state index in [2.05, 4.69) is 6.92 Å². The molecule has 0 saturated heterocycles. The van der Waals surface area contributed by atoms with Crippen LogP contribution < -0.4 is 0 Å². The first-order valence-electron chi connectivity index (χ1n) is 11.2. The summed E-state index contributed by atoms with van der Waals surface area (Å²) in [5, 5.41) is 10.0. The molecule has 0 radical (unpaired) electrons. The largest absolute Gasteiger partial charge is 0.206 e. The van der Waals surface area contributed by atoms with Crippen molar-refractivity contribution in [1.82, 2.24) is 0 Å². The molecule has 4 aromatic carbocycles. The third kappa shape index (κ3) is 4.93. The lowest BCUT2D eigenvalue weighted by atomic mass is 9.96. The van der Waals surface area contributed by atoms with Crippen LogP contribution in [-0.4, -0.2) is 0 Å². The van der Waals surface area contributed by atoms with Crippen molar-refractivity contribution in [2.75, 3.05) is 0 Å². The molecule has 0 aromatic heterocycles. The number of hydrogen-bond donors (Lipinski definition) is 0. The van der Waals surface area contributed by atoms with Gasteiger partial charge in [-0.25, -0.2) is 13.2 Å². The van der Waals surface area contributed by atoms with Crippen LogP contribution in [0.2, 0.25) is 0 Å². The third-order valence-electron chi connectivity index (χ3n) is 6.03. The standard InChI is InChI=1S/C29H24F3N/c1-2-3-4-19-7-13-25(28(31)16-19)22-12-14-26-23(17-22)11-10-21(29(26)32)8-5-20-6-9-24(18-33)27(30)15-20/h6-7,9-17H,2-5,8H2,1H3. The summed E-state index contributed by atoms with van der Waals surface area (Å²) >= 11 is 0. The highest BCUT2D eigenvalue weighted by Gasteiger charge is 2.12. The van der Waals surface area contributed by atoms with Gasteiger partial charge in [0.1, 0.15) is 23.5 Å². The minimum Gasteiger partial charge on any atom is -0.206 e. The fraction of sp³-hybridized carbons (Fsp3) is 0.207. The molecule has 4 heteroatoms. The summed E-state index contributed by atoms with van der Waals surface area (Å²) in [5.41, 5.74) is 3.44. The predicted octanol–water partition coefficient (Wildman–Crippen LogP) is 7.92. The van der Waals surface area contributed by atoms with Crippen LogP contribution in [0.15, 0.2) is 66.7 Å². The highest BCUT2D eigenvalue weighted by Crippen LogP contribution is 2.30. The molecule has 0 spiro atoms. The van der Waals surface area contributed by atoms with Crippen molar-refractivity contribution < 1.29 is 13.2 Å². The van der Waals surface area contributed by atoms with E-state index in [9.17, 15) is 8.78 Å². The third-order valence-corrected chi connectivity index (χ3v) is 6.03. The number of unbranched alkanes of at least 4 members (excludes halogenated alkanes) is 1. The SMILES string of the molecule is CCCCc1ccc(-c2ccc3c(F)c(CCc4ccc(C#N)c(F)c4)ccc3c2)c(F)c1.